The van der Waals surface area contributed by atoms with Crippen molar-refractivity contribution in [1.29, 1.82) is 0 Å². The first-order valence-corrected chi connectivity index (χ1v) is 13.0. The van der Waals surface area contributed by atoms with E-state index in [-0.39, 0.29) is 23.2 Å². The number of fused-ring (bicyclic) bond motifs is 3. The average molecular weight is 464 g/mol. The number of nitrogens with one attached hydrogen (secondary N) is 1. The summed E-state index contributed by atoms with van der Waals surface area (Å²) >= 11 is 0. The second-order valence-electron chi connectivity index (χ2n) is 11.5. The Kier molecular flexibility index (Phi) is 7.07. The zero-order chi connectivity index (χ0) is 24.5. The van der Waals surface area contributed by atoms with Crippen LogP contribution in [-0.2, 0) is 20.7 Å². The smallest absolute Gasteiger partial charge is 0.328 e. The van der Waals surface area contributed by atoms with Gasteiger partial charge in [-0.1, -0.05) is 82.2 Å². The largest absolute Gasteiger partial charge is 0.467 e. The van der Waals surface area contributed by atoms with E-state index in [1.165, 1.54) is 19.1 Å². The van der Waals surface area contributed by atoms with Crippen molar-refractivity contribution in [3.63, 3.8) is 0 Å². The number of ether oxygens (including phenoxy) is 1. The SMILES string of the molecule is COC(=O)[C@H](Cc1ccccc1)NC(=O)[C@]1(C)CCC[C@@]2(C)[C@H]1CC=C1C=C(C(C)C)CC[C@@H]12. The van der Waals surface area contributed by atoms with Gasteiger partial charge >= 0.3 is 5.97 Å². The molecular weight excluding hydrogens is 422 g/mol. The lowest BCUT2D eigenvalue weighted by molar-refractivity contribution is -0.151. The van der Waals surface area contributed by atoms with Crippen molar-refractivity contribution >= 4 is 11.9 Å². The highest BCUT2D eigenvalue weighted by molar-refractivity contribution is 5.88. The summed E-state index contributed by atoms with van der Waals surface area (Å²) in [7, 11) is 1.39. The van der Waals surface area contributed by atoms with E-state index in [1.807, 2.05) is 30.3 Å². The number of hydrogen-bond acceptors (Lipinski definition) is 3. The normalized spacial score (nSPS) is 31.5. The number of carbonyl (C=O) groups excluding carboxylic acids is 2. The molecule has 1 aromatic rings. The van der Waals surface area contributed by atoms with Gasteiger partial charge in [-0.2, -0.15) is 0 Å². The fraction of sp³-hybridized carbons (Fsp3) is 0.600. The standard InChI is InChI=1S/C30H41NO3/c1-20(2)22-12-14-24-23(19-22)13-15-26-29(24,3)16-9-17-30(26,4)28(33)31-25(27(32)34-5)18-21-10-7-6-8-11-21/h6-8,10-11,13,19-20,24-26H,9,12,14-18H2,1-5H3,(H,31,33)/t24-,25-,26+,29+,30+/m0/s1. The maximum absolute atomic E-state index is 13.9. The van der Waals surface area contributed by atoms with E-state index < -0.39 is 11.5 Å². The third kappa shape index (κ3) is 4.48. The topological polar surface area (TPSA) is 55.4 Å². The highest BCUT2D eigenvalue weighted by atomic mass is 16.5. The zero-order valence-corrected chi connectivity index (χ0v) is 21.5. The Morgan fingerprint density at radius 3 is 2.56 bits per heavy atom. The number of carbonyl (C=O) groups is 2. The summed E-state index contributed by atoms with van der Waals surface area (Å²) in [5, 5.41) is 3.12. The Labute approximate surface area is 205 Å². The van der Waals surface area contributed by atoms with Gasteiger partial charge in [0.25, 0.3) is 0 Å². The van der Waals surface area contributed by atoms with Crippen molar-refractivity contribution in [1.82, 2.24) is 5.32 Å². The first-order valence-electron chi connectivity index (χ1n) is 13.0. The molecule has 1 aromatic carbocycles. The van der Waals surface area contributed by atoms with E-state index in [0.717, 1.165) is 37.7 Å². The minimum atomic E-state index is -0.675. The van der Waals surface area contributed by atoms with Crippen molar-refractivity contribution in [3.05, 3.63) is 59.2 Å². The summed E-state index contributed by atoms with van der Waals surface area (Å²) in [5.74, 6) is 0.993. The molecule has 4 rings (SSSR count). The summed E-state index contributed by atoms with van der Waals surface area (Å²) in [5.41, 5.74) is 3.67. The Hall–Kier alpha value is -2.36. The molecule has 1 saturated carbocycles. The maximum atomic E-state index is 13.9. The van der Waals surface area contributed by atoms with Crippen LogP contribution in [0.15, 0.2) is 53.6 Å². The van der Waals surface area contributed by atoms with Crippen molar-refractivity contribution in [2.24, 2.45) is 28.6 Å². The third-order valence-electron chi connectivity index (χ3n) is 9.17. The molecule has 0 spiro atoms. The fourth-order valence-corrected chi connectivity index (χ4v) is 7.12. The monoisotopic (exact) mass is 463 g/mol. The summed E-state index contributed by atoms with van der Waals surface area (Å²) in [6.45, 7) is 9.14. The third-order valence-corrected chi connectivity index (χ3v) is 9.17. The molecule has 0 saturated heterocycles. The molecule has 4 nitrogen and oxygen atoms in total. The molecule has 0 aromatic heterocycles. The molecule has 3 aliphatic carbocycles. The molecule has 3 aliphatic rings. The molecule has 0 heterocycles. The van der Waals surface area contributed by atoms with Crippen LogP contribution in [0.3, 0.4) is 0 Å². The van der Waals surface area contributed by atoms with Crippen LogP contribution in [0.2, 0.25) is 0 Å². The summed E-state index contributed by atoms with van der Waals surface area (Å²) in [4.78, 5) is 26.5. The summed E-state index contributed by atoms with van der Waals surface area (Å²) in [6, 6.07) is 9.15. The molecule has 0 unspecified atom stereocenters. The van der Waals surface area contributed by atoms with Crippen LogP contribution in [-0.4, -0.2) is 25.0 Å². The lowest BCUT2D eigenvalue weighted by atomic mass is 9.46. The summed E-state index contributed by atoms with van der Waals surface area (Å²) < 4.78 is 5.06. The number of methoxy groups -OCH3 is 1. The highest BCUT2D eigenvalue weighted by Crippen LogP contribution is 2.62. The van der Waals surface area contributed by atoms with Crippen LogP contribution in [0.1, 0.15) is 71.8 Å². The Balaban J connectivity index is 1.59. The molecular formula is C30H41NO3. The number of hydrogen-bond donors (Lipinski definition) is 1. The molecule has 1 fully saturated rings. The van der Waals surface area contributed by atoms with Crippen molar-refractivity contribution in [3.8, 4) is 0 Å². The van der Waals surface area contributed by atoms with Crippen LogP contribution in [0, 0.1) is 28.6 Å². The number of benzene rings is 1. The number of amides is 1. The van der Waals surface area contributed by atoms with Gasteiger partial charge in [-0.25, -0.2) is 4.79 Å². The van der Waals surface area contributed by atoms with Gasteiger partial charge < -0.3 is 10.1 Å². The van der Waals surface area contributed by atoms with Gasteiger partial charge in [-0.15, -0.1) is 0 Å². The number of esters is 1. The van der Waals surface area contributed by atoms with E-state index in [4.69, 9.17) is 4.74 Å². The second-order valence-corrected chi connectivity index (χ2v) is 11.5. The van der Waals surface area contributed by atoms with E-state index >= 15 is 0 Å². The molecule has 1 N–H and O–H groups in total. The van der Waals surface area contributed by atoms with Crippen LogP contribution in [0.4, 0.5) is 0 Å². The van der Waals surface area contributed by atoms with E-state index in [2.05, 4.69) is 45.2 Å². The molecule has 1 amide bonds. The van der Waals surface area contributed by atoms with Crippen molar-refractivity contribution < 1.29 is 14.3 Å². The molecule has 184 valence electrons. The number of rotatable bonds is 6. The molecule has 0 radical (unpaired) electrons. The van der Waals surface area contributed by atoms with Gasteiger partial charge in [0, 0.05) is 6.42 Å². The maximum Gasteiger partial charge on any atom is 0.328 e. The molecule has 5 atom stereocenters. The van der Waals surface area contributed by atoms with E-state index in [1.54, 1.807) is 5.57 Å². The first kappa shape index (κ1) is 24.8. The first-order chi connectivity index (χ1) is 16.2. The van der Waals surface area contributed by atoms with Crippen LogP contribution in [0.25, 0.3) is 0 Å². The minimum absolute atomic E-state index is 0.000766. The summed E-state index contributed by atoms with van der Waals surface area (Å²) in [6.07, 6.45) is 11.6. The lowest BCUT2D eigenvalue weighted by Gasteiger charge is -2.57. The molecule has 34 heavy (non-hydrogen) atoms. The minimum Gasteiger partial charge on any atom is -0.467 e. The van der Waals surface area contributed by atoms with Crippen LogP contribution < -0.4 is 5.32 Å². The highest BCUT2D eigenvalue weighted by Gasteiger charge is 2.57. The van der Waals surface area contributed by atoms with Gasteiger partial charge in [-0.3, -0.25) is 4.79 Å². The quantitative estimate of drug-likeness (QED) is 0.525. The second kappa shape index (κ2) is 9.71. The Morgan fingerprint density at radius 2 is 1.88 bits per heavy atom. The van der Waals surface area contributed by atoms with Crippen molar-refractivity contribution in [2.45, 2.75) is 78.7 Å². The van der Waals surface area contributed by atoms with Crippen LogP contribution in [0.5, 0.6) is 0 Å². The van der Waals surface area contributed by atoms with Crippen LogP contribution >= 0.6 is 0 Å². The van der Waals surface area contributed by atoms with Gasteiger partial charge in [0.2, 0.25) is 5.91 Å². The average Bonchev–Trinajstić information content (AvgIpc) is 2.83. The Bertz CT molecular complexity index is 978. The fourth-order valence-electron chi connectivity index (χ4n) is 7.12. The number of allylic oxidation sites excluding steroid dienone is 4. The Morgan fingerprint density at radius 1 is 1.15 bits per heavy atom. The van der Waals surface area contributed by atoms with E-state index in [0.29, 0.717) is 18.3 Å². The lowest BCUT2D eigenvalue weighted by Crippen LogP contribution is -2.58. The van der Waals surface area contributed by atoms with Gasteiger partial charge in [0.15, 0.2) is 0 Å². The zero-order valence-electron chi connectivity index (χ0n) is 21.5. The molecule has 0 bridgehead atoms. The van der Waals surface area contributed by atoms with Crippen molar-refractivity contribution in [2.75, 3.05) is 7.11 Å². The van der Waals surface area contributed by atoms with Gasteiger partial charge in [0.1, 0.15) is 6.04 Å². The predicted octanol–water partition coefficient (Wildman–Crippen LogP) is 6.02. The molecule has 4 heteroatoms. The van der Waals surface area contributed by atoms with Gasteiger partial charge in [-0.05, 0) is 66.4 Å². The predicted molar refractivity (Wildman–Crippen MR) is 136 cm³/mol. The van der Waals surface area contributed by atoms with Gasteiger partial charge in [0.05, 0.1) is 12.5 Å². The molecule has 0 aliphatic heterocycles. The van der Waals surface area contributed by atoms with E-state index in [9.17, 15) is 9.59 Å².